The average Bonchev–Trinajstić information content (AvgIpc) is 3.12. The monoisotopic (exact) mass is 376 g/mol. The highest BCUT2D eigenvalue weighted by Gasteiger charge is 2.22. The van der Waals surface area contributed by atoms with Crippen LogP contribution in [0, 0.1) is 0 Å². The number of nitrogens with one attached hydrogen (secondary N) is 1. The van der Waals surface area contributed by atoms with Crippen LogP contribution in [0.25, 0.3) is 6.08 Å². The van der Waals surface area contributed by atoms with E-state index >= 15 is 0 Å². The van der Waals surface area contributed by atoms with E-state index in [1.54, 1.807) is 6.08 Å². The molecule has 0 fully saturated rings. The Labute approximate surface area is 155 Å². The highest BCUT2D eigenvalue weighted by Crippen LogP contribution is 2.19. The van der Waals surface area contributed by atoms with Crippen molar-refractivity contribution in [2.45, 2.75) is 39.7 Å². The number of amides is 1. The van der Waals surface area contributed by atoms with E-state index in [9.17, 15) is 14.4 Å². The highest BCUT2D eigenvalue weighted by atomic mass is 32.1. The lowest BCUT2D eigenvalue weighted by atomic mass is 10.3. The summed E-state index contributed by atoms with van der Waals surface area (Å²) in [6.07, 6.45) is 5.39. The maximum absolute atomic E-state index is 12.7. The van der Waals surface area contributed by atoms with E-state index < -0.39 is 11.2 Å². The van der Waals surface area contributed by atoms with Gasteiger partial charge in [0.25, 0.3) is 11.5 Å². The van der Waals surface area contributed by atoms with Gasteiger partial charge >= 0.3 is 5.69 Å². The van der Waals surface area contributed by atoms with E-state index in [1.807, 2.05) is 31.4 Å². The minimum atomic E-state index is -0.647. The number of hydrogen-bond acceptors (Lipinski definition) is 5. The van der Waals surface area contributed by atoms with Crippen molar-refractivity contribution in [3.63, 3.8) is 0 Å². The number of rotatable bonds is 8. The zero-order chi connectivity index (χ0) is 19.1. The second-order valence-corrected chi connectivity index (χ2v) is 6.82. The Hall–Kier alpha value is -2.61. The second kappa shape index (κ2) is 9.19. The molecular weight excluding hydrogens is 352 g/mol. The Morgan fingerprint density at radius 2 is 2.12 bits per heavy atom. The summed E-state index contributed by atoms with van der Waals surface area (Å²) in [5.74, 6) is -0.323. The largest absolute Gasteiger partial charge is 0.383 e. The summed E-state index contributed by atoms with van der Waals surface area (Å²) < 4.78 is 1.32. The zero-order valence-corrected chi connectivity index (χ0v) is 15.8. The molecule has 0 saturated heterocycles. The van der Waals surface area contributed by atoms with E-state index in [4.69, 9.17) is 5.73 Å². The van der Waals surface area contributed by atoms with Crippen LogP contribution in [0.5, 0.6) is 0 Å². The number of carbonyl (C=O) groups is 1. The Bertz CT molecular complexity index is 881. The molecule has 1 amide bonds. The first kappa shape index (κ1) is 19.7. The molecule has 2 aromatic heterocycles. The first-order valence-electron chi connectivity index (χ1n) is 8.65. The van der Waals surface area contributed by atoms with Gasteiger partial charge in [-0.1, -0.05) is 26.3 Å². The Morgan fingerprint density at radius 1 is 1.35 bits per heavy atom. The van der Waals surface area contributed by atoms with Crippen LogP contribution >= 0.6 is 11.3 Å². The number of nitrogens with zero attached hydrogens (tertiary/aromatic N) is 2. The van der Waals surface area contributed by atoms with Crippen LogP contribution in [0.15, 0.2) is 33.2 Å². The quantitative estimate of drug-likeness (QED) is 0.691. The number of nitrogen functional groups attached to an aromatic ring is 1. The average molecular weight is 376 g/mol. The van der Waals surface area contributed by atoms with Gasteiger partial charge in [0.1, 0.15) is 5.82 Å². The van der Waals surface area contributed by atoms with Crippen LogP contribution in [0.1, 0.15) is 38.0 Å². The maximum atomic E-state index is 12.7. The molecule has 0 aliphatic carbocycles. The number of anilines is 2. The first-order chi connectivity index (χ1) is 12.5. The third-order valence-electron chi connectivity index (χ3n) is 3.87. The summed E-state index contributed by atoms with van der Waals surface area (Å²) >= 11 is 1.51. The van der Waals surface area contributed by atoms with E-state index in [0.717, 1.165) is 17.7 Å². The molecule has 0 aliphatic heterocycles. The van der Waals surface area contributed by atoms with Crippen LogP contribution in [-0.2, 0) is 11.3 Å². The van der Waals surface area contributed by atoms with Crippen LogP contribution in [0.3, 0.4) is 0 Å². The number of nitrogens with two attached hydrogens (primary N) is 1. The fourth-order valence-electron chi connectivity index (χ4n) is 2.56. The van der Waals surface area contributed by atoms with Gasteiger partial charge in [0.05, 0.1) is 0 Å². The summed E-state index contributed by atoms with van der Waals surface area (Å²) in [4.78, 5) is 41.7. The summed E-state index contributed by atoms with van der Waals surface area (Å²) in [5.41, 5.74) is 4.94. The lowest BCUT2D eigenvalue weighted by Gasteiger charge is -2.23. The highest BCUT2D eigenvalue weighted by molar-refractivity contribution is 7.10. The summed E-state index contributed by atoms with van der Waals surface area (Å²) in [5, 5.41) is 1.92. The zero-order valence-electron chi connectivity index (χ0n) is 15.0. The molecule has 0 aliphatic rings. The summed E-state index contributed by atoms with van der Waals surface area (Å²) in [6, 6.07) is 3.79. The molecule has 140 valence electrons. The fraction of sp³-hybridized carbons (Fsp3) is 0.389. The minimum absolute atomic E-state index is 0.0264. The van der Waals surface area contributed by atoms with Gasteiger partial charge in [0.2, 0.25) is 0 Å². The van der Waals surface area contributed by atoms with Gasteiger partial charge < -0.3 is 10.6 Å². The molecule has 0 aromatic carbocycles. The van der Waals surface area contributed by atoms with Crippen molar-refractivity contribution in [2.75, 3.05) is 17.2 Å². The van der Waals surface area contributed by atoms with Gasteiger partial charge in [-0.05, 0) is 30.4 Å². The molecule has 2 rings (SSSR count). The molecule has 0 saturated carbocycles. The van der Waals surface area contributed by atoms with Crippen LogP contribution in [-0.4, -0.2) is 22.0 Å². The van der Waals surface area contributed by atoms with Crippen molar-refractivity contribution in [1.29, 1.82) is 0 Å². The molecule has 8 heteroatoms. The van der Waals surface area contributed by atoms with Crippen molar-refractivity contribution >= 4 is 34.8 Å². The first-order valence-corrected chi connectivity index (χ1v) is 9.53. The van der Waals surface area contributed by atoms with Gasteiger partial charge in [-0.3, -0.25) is 19.1 Å². The van der Waals surface area contributed by atoms with Crippen molar-refractivity contribution in [3.05, 3.63) is 49.3 Å². The van der Waals surface area contributed by atoms with Gasteiger partial charge in [-0.25, -0.2) is 4.79 Å². The molecule has 0 unspecified atom stereocenters. The number of unbranched alkanes of at least 4 members (excludes halogenated alkanes) is 1. The van der Waals surface area contributed by atoms with Gasteiger partial charge in [-0.2, -0.15) is 0 Å². The van der Waals surface area contributed by atoms with E-state index in [2.05, 4.69) is 4.98 Å². The van der Waals surface area contributed by atoms with Gasteiger partial charge in [-0.15, -0.1) is 11.3 Å². The van der Waals surface area contributed by atoms with Gasteiger partial charge in [0.15, 0.2) is 5.69 Å². The smallest absolute Gasteiger partial charge is 0.330 e. The molecule has 7 nitrogen and oxygen atoms in total. The topological polar surface area (TPSA) is 101 Å². The lowest BCUT2D eigenvalue weighted by molar-refractivity contribution is -0.114. The SMILES string of the molecule is CCCCn1c(N)c(N(CCC)C(=O)/C=C/c2cccs2)c(=O)[nH]c1=O. The van der Waals surface area contributed by atoms with Crippen LogP contribution < -0.4 is 21.9 Å². The molecule has 26 heavy (non-hydrogen) atoms. The molecule has 0 spiro atoms. The third kappa shape index (κ3) is 4.51. The number of carbonyl (C=O) groups excluding carboxylic acids is 1. The van der Waals surface area contributed by atoms with Crippen molar-refractivity contribution in [2.24, 2.45) is 0 Å². The number of aromatic amines is 1. The number of hydrogen-bond donors (Lipinski definition) is 2. The molecule has 0 bridgehead atoms. The fourth-order valence-corrected chi connectivity index (χ4v) is 3.18. The van der Waals surface area contributed by atoms with E-state index in [-0.39, 0.29) is 17.4 Å². The standard InChI is InChI=1S/C18H24N4O3S/c1-3-5-11-22-16(19)15(17(24)20-18(22)25)21(10-4-2)14(23)9-8-13-7-6-12-26-13/h6-9,12H,3-5,10-11,19H2,1-2H3,(H,20,24,25)/b9-8+. The molecular formula is C18H24N4O3S. The van der Waals surface area contributed by atoms with Crippen molar-refractivity contribution in [3.8, 4) is 0 Å². The Kier molecular flexibility index (Phi) is 6.97. The molecule has 0 radical (unpaired) electrons. The summed E-state index contributed by atoms with van der Waals surface area (Å²) in [6.45, 7) is 4.62. The minimum Gasteiger partial charge on any atom is -0.383 e. The number of aromatic nitrogens is 2. The predicted octanol–water partition coefficient (Wildman–Crippen LogP) is 2.44. The number of thiophene rings is 1. The summed E-state index contributed by atoms with van der Waals surface area (Å²) in [7, 11) is 0. The Morgan fingerprint density at radius 3 is 2.73 bits per heavy atom. The number of H-pyrrole nitrogens is 1. The molecule has 2 aromatic rings. The maximum Gasteiger partial charge on any atom is 0.330 e. The Balaban J connectivity index is 2.44. The van der Waals surface area contributed by atoms with Crippen LogP contribution in [0.4, 0.5) is 11.5 Å². The predicted molar refractivity (Wildman–Crippen MR) is 107 cm³/mol. The molecule has 0 atom stereocenters. The van der Waals surface area contributed by atoms with Crippen molar-refractivity contribution < 1.29 is 4.79 Å². The normalized spacial score (nSPS) is 11.2. The lowest BCUT2D eigenvalue weighted by Crippen LogP contribution is -2.41. The molecule has 2 heterocycles. The van der Waals surface area contributed by atoms with Gasteiger partial charge in [0, 0.05) is 24.0 Å². The van der Waals surface area contributed by atoms with E-state index in [0.29, 0.717) is 19.5 Å². The second-order valence-electron chi connectivity index (χ2n) is 5.84. The van der Waals surface area contributed by atoms with Crippen LogP contribution in [0.2, 0.25) is 0 Å². The van der Waals surface area contributed by atoms with Crippen molar-refractivity contribution in [1.82, 2.24) is 9.55 Å². The third-order valence-corrected chi connectivity index (χ3v) is 4.70. The van der Waals surface area contributed by atoms with E-state index in [1.165, 1.54) is 26.9 Å². The molecule has 3 N–H and O–H groups in total.